The highest BCUT2D eigenvalue weighted by molar-refractivity contribution is 4.66. The number of ether oxygens (including phenoxy) is 2. The molecule has 0 radical (unpaired) electrons. The van der Waals surface area contributed by atoms with Crippen LogP contribution >= 0.6 is 0 Å². The lowest BCUT2D eigenvalue weighted by Gasteiger charge is -2.12. The zero-order valence-electron chi connectivity index (χ0n) is 5.10. The predicted molar refractivity (Wildman–Crippen MR) is 26.6 cm³/mol. The average Bonchev–Trinajstić information content (AvgIpc) is 2.36. The number of rotatable bonds is 2. The van der Waals surface area contributed by atoms with Gasteiger partial charge in [-0.1, -0.05) is 0 Å². The molecule has 1 heterocycles. The zero-order valence-corrected chi connectivity index (χ0v) is 5.10. The second kappa shape index (κ2) is 3.21. The van der Waals surface area contributed by atoms with Gasteiger partial charge in [0.25, 0.3) is 6.43 Å². The van der Waals surface area contributed by atoms with Gasteiger partial charge >= 0.3 is 0 Å². The van der Waals surface area contributed by atoms with E-state index in [4.69, 9.17) is 0 Å². The van der Waals surface area contributed by atoms with Crippen LogP contribution in [0.2, 0.25) is 0 Å². The fraction of sp³-hybridized carbons (Fsp3) is 1.00. The molecule has 0 aromatic carbocycles. The molecule has 0 amide bonds. The molecule has 2 nitrogen and oxygen atoms in total. The third-order valence-corrected chi connectivity index (χ3v) is 1.15. The summed E-state index contributed by atoms with van der Waals surface area (Å²) in [4.78, 5) is 0. The van der Waals surface area contributed by atoms with Crippen molar-refractivity contribution in [1.29, 1.82) is 0 Å². The number of alkyl halides is 3. The molecule has 1 aliphatic rings. The Morgan fingerprint density at radius 1 is 1.10 bits per heavy atom. The molecule has 0 spiro atoms. The molecule has 1 atom stereocenters. The van der Waals surface area contributed by atoms with Crippen LogP contribution in [0.25, 0.3) is 0 Å². The van der Waals surface area contributed by atoms with Crippen molar-refractivity contribution in [3.8, 4) is 0 Å². The Hall–Kier alpha value is -0.290. The van der Waals surface area contributed by atoms with E-state index in [1.54, 1.807) is 0 Å². The van der Waals surface area contributed by atoms with Crippen LogP contribution in [0.1, 0.15) is 0 Å². The number of hydrogen-bond acceptors (Lipinski definition) is 2. The minimum absolute atomic E-state index is 0.192. The highest BCUT2D eigenvalue weighted by atomic mass is 19.3. The second-order valence-electron chi connectivity index (χ2n) is 1.89. The molecule has 10 heavy (non-hydrogen) atoms. The van der Waals surface area contributed by atoms with Crippen molar-refractivity contribution in [2.24, 2.45) is 0 Å². The van der Waals surface area contributed by atoms with E-state index < -0.39 is 18.9 Å². The van der Waals surface area contributed by atoms with Gasteiger partial charge in [0, 0.05) is 0 Å². The molecular weight excluding hydrogens is 149 g/mol. The standard InChI is InChI=1S/C5H7F3O2/c6-3(4(7)8)5-9-1-2-10-5/h3-5H,1-2H2. The summed E-state index contributed by atoms with van der Waals surface area (Å²) in [5.74, 6) is 0. The lowest BCUT2D eigenvalue weighted by Crippen LogP contribution is -2.29. The molecule has 1 saturated heterocycles. The first kappa shape index (κ1) is 7.81. The van der Waals surface area contributed by atoms with Crippen LogP contribution in [-0.4, -0.2) is 32.1 Å². The summed E-state index contributed by atoms with van der Waals surface area (Å²) in [5.41, 5.74) is 0. The van der Waals surface area contributed by atoms with Gasteiger partial charge < -0.3 is 9.47 Å². The molecule has 0 aliphatic carbocycles. The van der Waals surface area contributed by atoms with E-state index in [9.17, 15) is 13.2 Å². The summed E-state index contributed by atoms with van der Waals surface area (Å²) < 4.78 is 44.3. The highest BCUT2D eigenvalue weighted by Gasteiger charge is 2.33. The molecular formula is C5H7F3O2. The van der Waals surface area contributed by atoms with Gasteiger partial charge in [-0.3, -0.25) is 0 Å². The average molecular weight is 156 g/mol. The zero-order chi connectivity index (χ0) is 7.56. The van der Waals surface area contributed by atoms with Gasteiger partial charge in [0.05, 0.1) is 13.2 Å². The molecule has 0 N–H and O–H groups in total. The van der Waals surface area contributed by atoms with E-state index in [2.05, 4.69) is 9.47 Å². The first-order valence-electron chi connectivity index (χ1n) is 2.87. The molecule has 5 heteroatoms. The van der Waals surface area contributed by atoms with Gasteiger partial charge in [-0.25, -0.2) is 13.2 Å². The van der Waals surface area contributed by atoms with Crippen molar-refractivity contribution in [1.82, 2.24) is 0 Å². The largest absolute Gasteiger partial charge is 0.347 e. The minimum Gasteiger partial charge on any atom is -0.347 e. The number of halogens is 3. The molecule has 0 saturated carbocycles. The third kappa shape index (κ3) is 1.60. The summed E-state index contributed by atoms with van der Waals surface area (Å²) in [7, 11) is 0. The van der Waals surface area contributed by atoms with E-state index >= 15 is 0 Å². The molecule has 0 aromatic heterocycles. The van der Waals surface area contributed by atoms with Gasteiger partial charge in [-0.05, 0) is 0 Å². The van der Waals surface area contributed by atoms with Crippen molar-refractivity contribution in [3.63, 3.8) is 0 Å². The summed E-state index contributed by atoms with van der Waals surface area (Å²) >= 11 is 0. The van der Waals surface area contributed by atoms with Crippen LogP contribution < -0.4 is 0 Å². The van der Waals surface area contributed by atoms with E-state index in [0.717, 1.165) is 0 Å². The van der Waals surface area contributed by atoms with Crippen LogP contribution in [0.4, 0.5) is 13.2 Å². The summed E-state index contributed by atoms with van der Waals surface area (Å²) in [5, 5.41) is 0. The van der Waals surface area contributed by atoms with Crippen molar-refractivity contribution in [2.45, 2.75) is 18.9 Å². The molecule has 1 rings (SSSR count). The second-order valence-corrected chi connectivity index (χ2v) is 1.89. The van der Waals surface area contributed by atoms with Crippen LogP contribution in [0.15, 0.2) is 0 Å². The van der Waals surface area contributed by atoms with Crippen LogP contribution in [-0.2, 0) is 9.47 Å². The normalized spacial score (nSPS) is 24.0. The van der Waals surface area contributed by atoms with Gasteiger partial charge in [-0.2, -0.15) is 0 Å². The van der Waals surface area contributed by atoms with Crippen molar-refractivity contribution >= 4 is 0 Å². The highest BCUT2D eigenvalue weighted by Crippen LogP contribution is 2.17. The summed E-state index contributed by atoms with van der Waals surface area (Å²) in [6.45, 7) is 0.385. The Bertz CT molecular complexity index is 103. The van der Waals surface area contributed by atoms with Crippen LogP contribution in [0.3, 0.4) is 0 Å². The van der Waals surface area contributed by atoms with E-state index in [0.29, 0.717) is 0 Å². The van der Waals surface area contributed by atoms with Gasteiger partial charge in [0.15, 0.2) is 6.29 Å². The maximum Gasteiger partial charge on any atom is 0.274 e. The summed E-state index contributed by atoms with van der Waals surface area (Å²) in [6, 6.07) is 0. The lowest BCUT2D eigenvalue weighted by molar-refractivity contribution is -0.134. The van der Waals surface area contributed by atoms with Crippen molar-refractivity contribution < 1.29 is 22.6 Å². The fourth-order valence-corrected chi connectivity index (χ4v) is 0.679. The molecule has 1 unspecified atom stereocenters. The monoisotopic (exact) mass is 156 g/mol. The maximum absolute atomic E-state index is 12.2. The van der Waals surface area contributed by atoms with Crippen LogP contribution in [0.5, 0.6) is 0 Å². The molecule has 1 aliphatic heterocycles. The van der Waals surface area contributed by atoms with E-state index in [1.807, 2.05) is 0 Å². The maximum atomic E-state index is 12.2. The summed E-state index contributed by atoms with van der Waals surface area (Å²) in [6.07, 6.45) is -6.70. The molecule has 1 fully saturated rings. The Kier molecular flexibility index (Phi) is 2.50. The Balaban J connectivity index is 2.32. The fourth-order valence-electron chi connectivity index (χ4n) is 0.679. The molecule has 60 valence electrons. The first-order valence-corrected chi connectivity index (χ1v) is 2.87. The van der Waals surface area contributed by atoms with Gasteiger partial charge in [0.1, 0.15) is 0 Å². The Morgan fingerprint density at radius 3 is 2.00 bits per heavy atom. The Labute approximate surface area is 55.9 Å². The molecule has 0 aromatic rings. The lowest BCUT2D eigenvalue weighted by atomic mass is 10.4. The van der Waals surface area contributed by atoms with Crippen molar-refractivity contribution in [2.75, 3.05) is 13.2 Å². The third-order valence-electron chi connectivity index (χ3n) is 1.15. The quantitative estimate of drug-likeness (QED) is 0.592. The van der Waals surface area contributed by atoms with Gasteiger partial charge in [-0.15, -0.1) is 0 Å². The van der Waals surface area contributed by atoms with Crippen LogP contribution in [0, 0.1) is 0 Å². The number of hydrogen-bond donors (Lipinski definition) is 0. The smallest absolute Gasteiger partial charge is 0.274 e. The Morgan fingerprint density at radius 2 is 1.60 bits per heavy atom. The van der Waals surface area contributed by atoms with E-state index in [1.165, 1.54) is 0 Å². The SMILES string of the molecule is FC(F)C(F)C1OCCO1. The van der Waals surface area contributed by atoms with E-state index in [-0.39, 0.29) is 13.2 Å². The molecule has 0 bridgehead atoms. The topological polar surface area (TPSA) is 18.5 Å². The minimum atomic E-state index is -3.02. The van der Waals surface area contributed by atoms with Crippen molar-refractivity contribution in [3.05, 3.63) is 0 Å². The van der Waals surface area contributed by atoms with Gasteiger partial charge in [0.2, 0.25) is 6.17 Å². The first-order chi connectivity index (χ1) is 4.72. The predicted octanol–water partition coefficient (Wildman–Crippen LogP) is 0.962.